The quantitative estimate of drug-likeness (QED) is 0.0717. The first-order valence-corrected chi connectivity index (χ1v) is 16.8. The maximum absolute atomic E-state index is 9.80. The molecule has 0 amide bonds. The van der Waals surface area contributed by atoms with Gasteiger partial charge in [-0.1, -0.05) is 118 Å². The minimum Gasteiger partial charge on any atom is -0.396 e. The van der Waals surface area contributed by atoms with Crippen LogP contribution in [0.2, 0.25) is 0 Å². The van der Waals surface area contributed by atoms with Gasteiger partial charge in [-0.3, -0.25) is 0 Å². The van der Waals surface area contributed by atoms with Gasteiger partial charge in [0, 0.05) is 12.5 Å². The molecule has 0 radical (unpaired) electrons. The first-order valence-electron chi connectivity index (χ1n) is 16.8. The number of unbranched alkanes of at least 4 members (excludes halogenated alkanes) is 2. The Bertz CT molecular complexity index is 1500. The van der Waals surface area contributed by atoms with Crippen LogP contribution < -0.4 is 0 Å². The summed E-state index contributed by atoms with van der Waals surface area (Å²) in [6.45, 7) is 12.5. The van der Waals surface area contributed by atoms with Gasteiger partial charge >= 0.3 is 0 Å². The summed E-state index contributed by atoms with van der Waals surface area (Å²) in [6.07, 6.45) is 7.77. The van der Waals surface area contributed by atoms with Crippen molar-refractivity contribution >= 4 is 0 Å². The second-order valence-electron chi connectivity index (χ2n) is 12.6. The third-order valence-corrected chi connectivity index (χ3v) is 8.88. The fourth-order valence-corrected chi connectivity index (χ4v) is 5.97. The summed E-state index contributed by atoms with van der Waals surface area (Å²) in [6, 6.07) is 31.6. The summed E-state index contributed by atoms with van der Waals surface area (Å²) in [5, 5.41) is 19.5. The summed E-state index contributed by atoms with van der Waals surface area (Å²) in [5.74, 6) is -0.0658. The lowest BCUT2D eigenvalue weighted by atomic mass is 9.91. The Morgan fingerprint density at radius 3 is 1.96 bits per heavy atom. The molecule has 4 aromatic rings. The van der Waals surface area contributed by atoms with E-state index in [1.807, 2.05) is 0 Å². The molecule has 0 saturated heterocycles. The van der Waals surface area contributed by atoms with Crippen LogP contribution in [-0.2, 0) is 36.8 Å². The van der Waals surface area contributed by atoms with Crippen molar-refractivity contribution in [1.82, 2.24) is 0 Å². The maximum Gasteiger partial charge on any atom is 0.176 e. The minimum atomic E-state index is -0.984. The Hall–Kier alpha value is -3.50. The lowest BCUT2D eigenvalue weighted by molar-refractivity contribution is -0.0878. The summed E-state index contributed by atoms with van der Waals surface area (Å²) >= 11 is 0. The van der Waals surface area contributed by atoms with Crippen LogP contribution in [-0.4, -0.2) is 29.7 Å². The Labute approximate surface area is 271 Å². The van der Waals surface area contributed by atoms with Crippen molar-refractivity contribution in [2.45, 2.75) is 85.4 Å². The number of aliphatic hydroxyl groups excluding tert-OH is 2. The molecule has 3 heteroatoms. The van der Waals surface area contributed by atoms with Crippen molar-refractivity contribution in [2.75, 3.05) is 13.2 Å². The molecule has 0 aliphatic carbocycles. The minimum absolute atomic E-state index is 0.0111. The zero-order chi connectivity index (χ0) is 32.2. The molecule has 0 aliphatic rings. The van der Waals surface area contributed by atoms with Gasteiger partial charge in [-0.15, -0.1) is 0 Å². The molecule has 4 rings (SSSR count). The van der Waals surface area contributed by atoms with Gasteiger partial charge in [0.05, 0.1) is 6.61 Å². The Balaban J connectivity index is 1.33. The molecule has 0 saturated carbocycles. The number of hydrogen-bond acceptors (Lipinski definition) is 3. The molecule has 0 heterocycles. The Morgan fingerprint density at radius 1 is 0.733 bits per heavy atom. The van der Waals surface area contributed by atoms with Crippen LogP contribution in [0.4, 0.5) is 0 Å². The van der Waals surface area contributed by atoms with E-state index >= 15 is 0 Å². The second-order valence-corrected chi connectivity index (χ2v) is 12.6. The smallest absolute Gasteiger partial charge is 0.176 e. The predicted octanol–water partition coefficient (Wildman–Crippen LogP) is 9.47. The highest BCUT2D eigenvalue weighted by Crippen LogP contribution is 2.31. The first kappa shape index (κ1) is 34.4. The van der Waals surface area contributed by atoms with Crippen molar-refractivity contribution in [3.8, 4) is 22.3 Å². The van der Waals surface area contributed by atoms with Crippen LogP contribution >= 0.6 is 0 Å². The molecule has 2 atom stereocenters. The van der Waals surface area contributed by atoms with Gasteiger partial charge in [-0.05, 0) is 114 Å². The average molecular weight is 605 g/mol. The predicted molar refractivity (Wildman–Crippen MR) is 190 cm³/mol. The molecule has 0 aromatic heterocycles. The second kappa shape index (κ2) is 17.3. The average Bonchev–Trinajstić information content (AvgIpc) is 3.06. The molecule has 0 fully saturated rings. The SMILES string of the molecule is C=C(C)C(O)OCC(CO)Cc1ccc(CCc2ccc(-c3ccc(-c4ccc(CCCCC)c(CC)c4)c(C)c3)cc2)cc1. The summed E-state index contributed by atoms with van der Waals surface area (Å²) in [4.78, 5) is 0. The van der Waals surface area contributed by atoms with E-state index in [-0.39, 0.29) is 12.5 Å². The highest BCUT2D eigenvalue weighted by Gasteiger charge is 2.13. The van der Waals surface area contributed by atoms with E-state index in [2.05, 4.69) is 112 Å². The number of aryl methyl sites for hydroxylation is 5. The lowest BCUT2D eigenvalue weighted by Crippen LogP contribution is -2.22. The molecule has 0 spiro atoms. The van der Waals surface area contributed by atoms with Gasteiger partial charge in [0.15, 0.2) is 6.29 Å². The van der Waals surface area contributed by atoms with Crippen molar-refractivity contribution < 1.29 is 14.9 Å². The fraction of sp³-hybridized carbons (Fsp3) is 0.381. The van der Waals surface area contributed by atoms with Gasteiger partial charge in [0.25, 0.3) is 0 Å². The van der Waals surface area contributed by atoms with Crippen LogP contribution in [0.3, 0.4) is 0 Å². The Kier molecular flexibility index (Phi) is 13.2. The molecule has 3 nitrogen and oxygen atoms in total. The van der Waals surface area contributed by atoms with E-state index in [1.165, 1.54) is 75.8 Å². The first-order chi connectivity index (χ1) is 21.8. The lowest BCUT2D eigenvalue weighted by Gasteiger charge is -2.18. The molecular formula is C42H52O3. The number of ether oxygens (including phenoxy) is 1. The molecule has 238 valence electrons. The number of hydrogen-bond donors (Lipinski definition) is 2. The summed E-state index contributed by atoms with van der Waals surface area (Å²) < 4.78 is 5.43. The number of benzene rings is 4. The maximum atomic E-state index is 9.80. The topological polar surface area (TPSA) is 49.7 Å². The molecule has 0 bridgehead atoms. The summed E-state index contributed by atoms with van der Waals surface area (Å²) in [5.41, 5.74) is 13.8. The van der Waals surface area contributed by atoms with E-state index in [4.69, 9.17) is 4.74 Å². The van der Waals surface area contributed by atoms with Crippen LogP contribution in [0.5, 0.6) is 0 Å². The highest BCUT2D eigenvalue weighted by atomic mass is 16.6. The largest absolute Gasteiger partial charge is 0.396 e. The normalized spacial score (nSPS) is 12.7. The van der Waals surface area contributed by atoms with Gasteiger partial charge in [0.1, 0.15) is 0 Å². The van der Waals surface area contributed by atoms with Gasteiger partial charge in [0.2, 0.25) is 0 Å². The Morgan fingerprint density at radius 2 is 1.36 bits per heavy atom. The van der Waals surface area contributed by atoms with Crippen molar-refractivity contribution in [1.29, 1.82) is 0 Å². The number of aliphatic hydroxyl groups is 2. The molecule has 0 aliphatic heterocycles. The molecule has 2 N–H and O–H groups in total. The fourth-order valence-electron chi connectivity index (χ4n) is 5.97. The van der Waals surface area contributed by atoms with E-state index in [9.17, 15) is 10.2 Å². The van der Waals surface area contributed by atoms with E-state index < -0.39 is 6.29 Å². The van der Waals surface area contributed by atoms with Gasteiger partial charge in [-0.25, -0.2) is 0 Å². The van der Waals surface area contributed by atoms with E-state index in [1.54, 1.807) is 6.92 Å². The molecule has 4 aromatic carbocycles. The monoisotopic (exact) mass is 604 g/mol. The van der Waals surface area contributed by atoms with Gasteiger partial charge in [-0.2, -0.15) is 0 Å². The highest BCUT2D eigenvalue weighted by molar-refractivity contribution is 5.74. The van der Waals surface area contributed by atoms with E-state index in [0.29, 0.717) is 18.6 Å². The molecule has 2 unspecified atom stereocenters. The van der Waals surface area contributed by atoms with Crippen LogP contribution in [0.1, 0.15) is 73.4 Å². The van der Waals surface area contributed by atoms with E-state index in [0.717, 1.165) is 24.8 Å². The van der Waals surface area contributed by atoms with Crippen LogP contribution in [0, 0.1) is 12.8 Å². The third kappa shape index (κ3) is 9.99. The third-order valence-electron chi connectivity index (χ3n) is 8.88. The zero-order valence-electron chi connectivity index (χ0n) is 27.8. The standard InChI is InChI=1S/C42H52O3/c1-6-8-9-10-37-21-22-40(27-36(37)7-2)41-24-23-39(25-31(41)5)38-19-17-33(18-20-38)12-11-32-13-15-34(16-14-32)26-35(28-43)29-45-42(44)30(3)4/h13-25,27,35,42-44H,3,6-12,26,28-29H2,1-2,4-5H3. The zero-order valence-corrected chi connectivity index (χ0v) is 27.8. The molecule has 45 heavy (non-hydrogen) atoms. The molecular weight excluding hydrogens is 552 g/mol. The van der Waals surface area contributed by atoms with Crippen molar-refractivity contribution in [3.63, 3.8) is 0 Å². The van der Waals surface area contributed by atoms with Crippen molar-refractivity contribution in [2.24, 2.45) is 5.92 Å². The van der Waals surface area contributed by atoms with Crippen molar-refractivity contribution in [3.05, 3.63) is 130 Å². The van der Waals surface area contributed by atoms with Crippen LogP contribution in [0.25, 0.3) is 22.3 Å². The van der Waals surface area contributed by atoms with Gasteiger partial charge < -0.3 is 14.9 Å². The van der Waals surface area contributed by atoms with Crippen LogP contribution in [0.15, 0.2) is 97.1 Å². The summed E-state index contributed by atoms with van der Waals surface area (Å²) in [7, 11) is 0. The number of rotatable bonds is 17.